The minimum atomic E-state index is -3.80. The fraction of sp³-hybridized carbons (Fsp3) is 0.278. The van der Waals surface area contributed by atoms with Crippen molar-refractivity contribution in [2.45, 2.75) is 11.0 Å². The van der Waals surface area contributed by atoms with Gasteiger partial charge >= 0.3 is 5.97 Å². The quantitative estimate of drug-likeness (QED) is 0.763. The molecule has 26 heavy (non-hydrogen) atoms. The van der Waals surface area contributed by atoms with Gasteiger partial charge in [0.25, 0.3) is 0 Å². The molecule has 1 saturated heterocycles. The van der Waals surface area contributed by atoms with Gasteiger partial charge in [-0.05, 0) is 35.9 Å². The standard InChI is InChI=1S/C18H18FNO5S/c1-24-18(21)14-3-2-4-16(11-14)26(22,23)20-9-10-25-17(12-20)13-5-7-15(19)8-6-13/h2-8,11,17H,9-10,12H2,1H3/t17-/m1/s1. The second kappa shape index (κ2) is 7.53. The van der Waals surface area contributed by atoms with Crippen molar-refractivity contribution in [3.05, 3.63) is 65.5 Å². The van der Waals surface area contributed by atoms with E-state index in [1.807, 2.05) is 0 Å². The summed E-state index contributed by atoms with van der Waals surface area (Å²) >= 11 is 0. The van der Waals surface area contributed by atoms with E-state index in [4.69, 9.17) is 4.74 Å². The van der Waals surface area contributed by atoms with Crippen molar-refractivity contribution >= 4 is 16.0 Å². The minimum absolute atomic E-state index is 0.0140. The summed E-state index contributed by atoms with van der Waals surface area (Å²) in [7, 11) is -2.57. The smallest absolute Gasteiger partial charge is 0.337 e. The predicted octanol–water partition coefficient (Wildman–Crippen LogP) is 2.37. The van der Waals surface area contributed by atoms with Crippen LogP contribution in [-0.4, -0.2) is 45.5 Å². The predicted molar refractivity (Wildman–Crippen MR) is 91.6 cm³/mol. The summed E-state index contributed by atoms with van der Waals surface area (Å²) < 4.78 is 50.6. The van der Waals surface area contributed by atoms with Gasteiger partial charge in [0.1, 0.15) is 5.82 Å². The van der Waals surface area contributed by atoms with Crippen LogP contribution in [0.1, 0.15) is 22.0 Å². The Morgan fingerprint density at radius 2 is 1.96 bits per heavy atom. The molecule has 0 radical (unpaired) electrons. The molecule has 0 unspecified atom stereocenters. The number of carbonyl (C=O) groups excluding carboxylic acids is 1. The highest BCUT2D eigenvalue weighted by molar-refractivity contribution is 7.89. The van der Waals surface area contributed by atoms with Crippen molar-refractivity contribution in [2.24, 2.45) is 0 Å². The third kappa shape index (κ3) is 3.77. The lowest BCUT2D eigenvalue weighted by Crippen LogP contribution is -2.42. The van der Waals surface area contributed by atoms with Crippen LogP contribution in [0.5, 0.6) is 0 Å². The summed E-state index contributed by atoms with van der Waals surface area (Å²) in [6, 6.07) is 11.5. The minimum Gasteiger partial charge on any atom is -0.465 e. The summed E-state index contributed by atoms with van der Waals surface area (Å²) in [6.45, 7) is 0.525. The second-order valence-corrected chi connectivity index (χ2v) is 7.73. The van der Waals surface area contributed by atoms with Crippen LogP contribution in [-0.2, 0) is 19.5 Å². The Labute approximate surface area is 151 Å². The van der Waals surface area contributed by atoms with Gasteiger partial charge in [-0.25, -0.2) is 17.6 Å². The van der Waals surface area contributed by atoms with Crippen LogP contribution < -0.4 is 0 Å². The van der Waals surface area contributed by atoms with E-state index in [9.17, 15) is 17.6 Å². The van der Waals surface area contributed by atoms with E-state index in [1.165, 1.54) is 47.8 Å². The normalized spacial score (nSPS) is 18.5. The van der Waals surface area contributed by atoms with Gasteiger partial charge in [0, 0.05) is 13.1 Å². The number of nitrogens with zero attached hydrogens (tertiary/aromatic N) is 1. The highest BCUT2D eigenvalue weighted by Crippen LogP contribution is 2.27. The number of sulfonamides is 1. The van der Waals surface area contributed by atoms with Crippen molar-refractivity contribution < 1.29 is 27.1 Å². The lowest BCUT2D eigenvalue weighted by molar-refractivity contribution is -0.00259. The molecule has 1 aliphatic rings. The first-order chi connectivity index (χ1) is 12.4. The van der Waals surface area contributed by atoms with E-state index in [0.717, 1.165) is 0 Å². The highest BCUT2D eigenvalue weighted by atomic mass is 32.2. The zero-order valence-corrected chi connectivity index (χ0v) is 14.9. The van der Waals surface area contributed by atoms with Gasteiger partial charge in [-0.3, -0.25) is 0 Å². The molecule has 1 aliphatic heterocycles. The van der Waals surface area contributed by atoms with Crippen LogP contribution in [0.2, 0.25) is 0 Å². The van der Waals surface area contributed by atoms with E-state index in [0.29, 0.717) is 5.56 Å². The maximum atomic E-state index is 13.1. The molecule has 0 aromatic heterocycles. The number of ether oxygens (including phenoxy) is 2. The molecule has 2 aromatic rings. The molecule has 1 atom stereocenters. The molecule has 2 aromatic carbocycles. The number of morpholine rings is 1. The van der Waals surface area contributed by atoms with Crippen molar-refractivity contribution in [1.29, 1.82) is 0 Å². The SMILES string of the molecule is COC(=O)c1cccc(S(=O)(=O)N2CCO[C@@H](c3ccc(F)cc3)C2)c1. The summed E-state index contributed by atoms with van der Waals surface area (Å²) in [5.41, 5.74) is 0.867. The zero-order chi connectivity index (χ0) is 18.7. The molecule has 0 spiro atoms. The summed E-state index contributed by atoms with van der Waals surface area (Å²) in [4.78, 5) is 11.7. The third-order valence-corrected chi connectivity index (χ3v) is 6.03. The molecule has 6 nitrogen and oxygen atoms in total. The van der Waals surface area contributed by atoms with E-state index in [2.05, 4.69) is 4.74 Å². The zero-order valence-electron chi connectivity index (χ0n) is 14.1. The Morgan fingerprint density at radius 1 is 1.23 bits per heavy atom. The summed E-state index contributed by atoms with van der Waals surface area (Å²) in [5, 5.41) is 0. The third-order valence-electron chi connectivity index (χ3n) is 4.16. The summed E-state index contributed by atoms with van der Waals surface area (Å²) in [5.74, 6) is -0.970. The van der Waals surface area contributed by atoms with Gasteiger partial charge in [-0.15, -0.1) is 0 Å². The second-order valence-electron chi connectivity index (χ2n) is 5.79. The Morgan fingerprint density at radius 3 is 2.65 bits per heavy atom. The first kappa shape index (κ1) is 18.5. The average Bonchev–Trinajstić information content (AvgIpc) is 2.68. The lowest BCUT2D eigenvalue weighted by Gasteiger charge is -2.32. The molecule has 3 rings (SSSR count). The topological polar surface area (TPSA) is 72.9 Å². The van der Waals surface area contributed by atoms with Crippen molar-refractivity contribution in [2.75, 3.05) is 26.8 Å². The number of halogens is 1. The van der Waals surface area contributed by atoms with Gasteiger partial charge in [0.2, 0.25) is 10.0 Å². The molecule has 0 bridgehead atoms. The molecule has 8 heteroatoms. The Balaban J connectivity index is 1.85. The van der Waals surface area contributed by atoms with Crippen LogP contribution in [0.3, 0.4) is 0 Å². The number of hydrogen-bond acceptors (Lipinski definition) is 5. The van der Waals surface area contributed by atoms with E-state index in [1.54, 1.807) is 12.1 Å². The monoisotopic (exact) mass is 379 g/mol. The number of methoxy groups -OCH3 is 1. The fourth-order valence-electron chi connectivity index (χ4n) is 2.77. The largest absolute Gasteiger partial charge is 0.465 e. The molecule has 0 N–H and O–H groups in total. The van der Waals surface area contributed by atoms with Gasteiger partial charge in [-0.1, -0.05) is 18.2 Å². The van der Waals surface area contributed by atoms with Crippen LogP contribution in [0.15, 0.2) is 53.4 Å². The first-order valence-corrected chi connectivity index (χ1v) is 9.41. The molecular formula is C18H18FNO5S. The van der Waals surface area contributed by atoms with Gasteiger partial charge in [0.05, 0.1) is 30.3 Å². The van der Waals surface area contributed by atoms with Gasteiger partial charge < -0.3 is 9.47 Å². The number of rotatable bonds is 4. The number of benzene rings is 2. The Hall–Kier alpha value is -2.29. The van der Waals surface area contributed by atoms with Crippen LogP contribution in [0, 0.1) is 5.82 Å². The van der Waals surface area contributed by atoms with Crippen molar-refractivity contribution in [3.63, 3.8) is 0 Å². The number of hydrogen-bond donors (Lipinski definition) is 0. The molecule has 0 saturated carbocycles. The Kier molecular flexibility index (Phi) is 5.36. The van der Waals surface area contributed by atoms with Crippen molar-refractivity contribution in [1.82, 2.24) is 4.31 Å². The number of esters is 1. The molecular weight excluding hydrogens is 361 g/mol. The van der Waals surface area contributed by atoms with Gasteiger partial charge in [-0.2, -0.15) is 4.31 Å². The fourth-order valence-corrected chi connectivity index (χ4v) is 4.24. The van der Waals surface area contributed by atoms with Crippen LogP contribution in [0.4, 0.5) is 4.39 Å². The van der Waals surface area contributed by atoms with E-state index in [-0.39, 0.29) is 36.0 Å². The maximum Gasteiger partial charge on any atom is 0.337 e. The maximum absolute atomic E-state index is 13.1. The van der Waals surface area contributed by atoms with E-state index >= 15 is 0 Å². The van der Waals surface area contributed by atoms with Crippen molar-refractivity contribution in [3.8, 4) is 0 Å². The molecule has 1 heterocycles. The van der Waals surface area contributed by atoms with Gasteiger partial charge in [0.15, 0.2) is 0 Å². The molecule has 0 aliphatic carbocycles. The lowest BCUT2D eigenvalue weighted by atomic mass is 10.1. The van der Waals surface area contributed by atoms with Crippen LogP contribution in [0.25, 0.3) is 0 Å². The molecule has 1 fully saturated rings. The Bertz CT molecular complexity index is 898. The highest BCUT2D eigenvalue weighted by Gasteiger charge is 2.32. The van der Waals surface area contributed by atoms with E-state index < -0.39 is 22.1 Å². The molecule has 138 valence electrons. The summed E-state index contributed by atoms with van der Waals surface area (Å²) in [6.07, 6.45) is -0.483. The van der Waals surface area contributed by atoms with Crippen LogP contribution >= 0.6 is 0 Å². The first-order valence-electron chi connectivity index (χ1n) is 7.97. The molecule has 0 amide bonds. The number of carbonyl (C=O) groups is 1. The average molecular weight is 379 g/mol.